The lowest BCUT2D eigenvalue weighted by Gasteiger charge is -2.10. The van der Waals surface area contributed by atoms with Gasteiger partial charge in [-0.1, -0.05) is 0 Å². The molecular weight excluding hydrogens is 286 g/mol. The number of hydrogen-bond donors (Lipinski definition) is 1. The zero-order valence-electron chi connectivity index (χ0n) is 11.1. The first-order chi connectivity index (χ1) is 9.93. The van der Waals surface area contributed by atoms with E-state index in [1.165, 1.54) is 6.33 Å². The van der Waals surface area contributed by atoms with Gasteiger partial charge in [0.05, 0.1) is 16.6 Å². The molecule has 2 aromatic rings. The Bertz CT molecular complexity index is 709. The summed E-state index contributed by atoms with van der Waals surface area (Å²) < 4.78 is 32.4. The van der Waals surface area contributed by atoms with Crippen molar-refractivity contribution in [2.75, 3.05) is 12.4 Å². The van der Waals surface area contributed by atoms with Crippen molar-refractivity contribution in [1.82, 2.24) is 9.97 Å². The third kappa shape index (κ3) is 2.86. The number of ether oxygens (including phenoxy) is 1. The molecule has 0 saturated carbocycles. The second-order valence-electron chi connectivity index (χ2n) is 4.00. The van der Waals surface area contributed by atoms with Crippen LogP contribution < -0.4 is 10.1 Å². The van der Waals surface area contributed by atoms with Crippen molar-refractivity contribution in [3.8, 4) is 11.6 Å². The zero-order chi connectivity index (χ0) is 15.6. The molecule has 0 aliphatic carbocycles. The Morgan fingerprint density at radius 1 is 1.29 bits per heavy atom. The summed E-state index contributed by atoms with van der Waals surface area (Å²) in [6.07, 6.45) is 1.19. The minimum absolute atomic E-state index is 0.0153. The third-order valence-corrected chi connectivity index (χ3v) is 2.68. The molecule has 0 fully saturated rings. The molecule has 21 heavy (non-hydrogen) atoms. The fourth-order valence-electron chi connectivity index (χ4n) is 1.63. The van der Waals surface area contributed by atoms with Crippen LogP contribution in [0.15, 0.2) is 18.5 Å². The second-order valence-corrected chi connectivity index (χ2v) is 4.00. The summed E-state index contributed by atoms with van der Waals surface area (Å²) in [5.74, 6) is -2.28. The first-order valence-corrected chi connectivity index (χ1v) is 5.74. The largest absolute Gasteiger partial charge is 0.435 e. The van der Waals surface area contributed by atoms with E-state index < -0.39 is 28.0 Å². The molecule has 0 amide bonds. The Morgan fingerprint density at radius 2 is 2.00 bits per heavy atom. The van der Waals surface area contributed by atoms with Gasteiger partial charge in [-0.15, -0.1) is 0 Å². The molecule has 1 aromatic carbocycles. The molecule has 0 aliphatic heterocycles. The number of nitrogens with one attached hydrogen (secondary N) is 1. The molecule has 1 aromatic heterocycles. The molecule has 0 spiro atoms. The number of nitrogens with zero attached hydrogens (tertiary/aromatic N) is 3. The third-order valence-electron chi connectivity index (χ3n) is 2.68. The SMILES string of the molecule is CNc1ncnc(Oc2cc(F)c([N+](=O)[O-])cc2F)c1C. The predicted molar refractivity (Wildman–Crippen MR) is 69.4 cm³/mol. The first kappa shape index (κ1) is 14.6. The Morgan fingerprint density at radius 3 is 2.62 bits per heavy atom. The van der Waals surface area contributed by atoms with Gasteiger partial charge < -0.3 is 10.1 Å². The average molecular weight is 296 g/mol. The lowest BCUT2D eigenvalue weighted by molar-refractivity contribution is -0.387. The average Bonchev–Trinajstić information content (AvgIpc) is 2.44. The number of rotatable bonds is 4. The van der Waals surface area contributed by atoms with E-state index >= 15 is 0 Å². The highest BCUT2D eigenvalue weighted by molar-refractivity contribution is 5.49. The molecule has 0 saturated heterocycles. The molecule has 0 atom stereocenters. The van der Waals surface area contributed by atoms with Gasteiger partial charge in [0, 0.05) is 13.1 Å². The first-order valence-electron chi connectivity index (χ1n) is 5.74. The standard InChI is InChI=1S/C12H10F2N4O3/c1-6-11(15-2)16-5-17-12(6)21-10-4-7(13)9(18(19)20)3-8(10)14/h3-5H,1-2H3,(H,15,16,17). The predicted octanol–water partition coefficient (Wildman–Crippen LogP) is 2.81. The van der Waals surface area contributed by atoms with Gasteiger partial charge in [-0.3, -0.25) is 10.1 Å². The maximum absolute atomic E-state index is 13.7. The molecule has 9 heteroatoms. The Balaban J connectivity index is 2.41. The van der Waals surface area contributed by atoms with Crippen molar-refractivity contribution in [3.05, 3.63) is 45.8 Å². The van der Waals surface area contributed by atoms with Gasteiger partial charge in [-0.05, 0) is 6.92 Å². The van der Waals surface area contributed by atoms with Crippen molar-refractivity contribution in [3.63, 3.8) is 0 Å². The molecule has 1 heterocycles. The van der Waals surface area contributed by atoms with E-state index in [1.807, 2.05) is 0 Å². The number of nitro groups is 1. The number of benzene rings is 1. The van der Waals surface area contributed by atoms with Crippen molar-refractivity contribution in [2.45, 2.75) is 6.92 Å². The number of nitro benzene ring substituents is 1. The van der Waals surface area contributed by atoms with Crippen molar-refractivity contribution in [2.24, 2.45) is 0 Å². The van der Waals surface area contributed by atoms with Crippen LogP contribution in [-0.2, 0) is 0 Å². The molecule has 7 nitrogen and oxygen atoms in total. The summed E-state index contributed by atoms with van der Waals surface area (Å²) in [6, 6.07) is 1.06. The molecule has 110 valence electrons. The highest BCUT2D eigenvalue weighted by Crippen LogP contribution is 2.31. The van der Waals surface area contributed by atoms with Gasteiger partial charge in [-0.2, -0.15) is 4.39 Å². The molecule has 0 radical (unpaired) electrons. The van der Waals surface area contributed by atoms with Gasteiger partial charge in [0.15, 0.2) is 11.6 Å². The number of halogens is 2. The van der Waals surface area contributed by atoms with E-state index in [0.717, 1.165) is 0 Å². The lowest BCUT2D eigenvalue weighted by atomic mass is 10.2. The molecular formula is C12H10F2N4O3. The minimum Gasteiger partial charge on any atom is -0.435 e. The van der Waals surface area contributed by atoms with Crippen LogP contribution in [0, 0.1) is 28.7 Å². The second kappa shape index (κ2) is 5.65. The van der Waals surface area contributed by atoms with E-state index in [-0.39, 0.29) is 5.88 Å². The number of anilines is 1. The zero-order valence-corrected chi connectivity index (χ0v) is 11.1. The fourth-order valence-corrected chi connectivity index (χ4v) is 1.63. The monoisotopic (exact) mass is 296 g/mol. The van der Waals surface area contributed by atoms with Gasteiger partial charge >= 0.3 is 5.69 Å². The Hall–Kier alpha value is -2.84. The van der Waals surface area contributed by atoms with Crippen LogP contribution >= 0.6 is 0 Å². The van der Waals surface area contributed by atoms with E-state index in [1.54, 1.807) is 14.0 Å². The van der Waals surface area contributed by atoms with Crippen LogP contribution in [0.2, 0.25) is 0 Å². The Kier molecular flexibility index (Phi) is 3.92. The van der Waals surface area contributed by atoms with Crippen LogP contribution in [0.4, 0.5) is 20.3 Å². The highest BCUT2D eigenvalue weighted by Gasteiger charge is 2.20. The topological polar surface area (TPSA) is 90.2 Å². The summed E-state index contributed by atoms with van der Waals surface area (Å²) >= 11 is 0. The van der Waals surface area contributed by atoms with Gasteiger partial charge in [0.25, 0.3) is 0 Å². The van der Waals surface area contributed by atoms with E-state index in [4.69, 9.17) is 4.74 Å². The fraction of sp³-hybridized carbons (Fsp3) is 0.167. The van der Waals surface area contributed by atoms with E-state index in [9.17, 15) is 18.9 Å². The summed E-state index contributed by atoms with van der Waals surface area (Å²) in [4.78, 5) is 17.2. The number of hydrogen-bond acceptors (Lipinski definition) is 6. The lowest BCUT2D eigenvalue weighted by Crippen LogP contribution is -2.01. The number of aromatic nitrogens is 2. The molecule has 0 aliphatic rings. The molecule has 2 rings (SSSR count). The summed E-state index contributed by atoms with van der Waals surface area (Å²) in [5.41, 5.74) is -0.478. The molecule has 0 unspecified atom stereocenters. The van der Waals surface area contributed by atoms with Crippen LogP contribution in [0.25, 0.3) is 0 Å². The normalized spacial score (nSPS) is 10.3. The quantitative estimate of drug-likeness (QED) is 0.689. The smallest absolute Gasteiger partial charge is 0.307 e. The van der Waals surface area contributed by atoms with Gasteiger partial charge in [0.1, 0.15) is 12.1 Å². The van der Waals surface area contributed by atoms with E-state index in [0.29, 0.717) is 23.5 Å². The highest BCUT2D eigenvalue weighted by atomic mass is 19.1. The van der Waals surface area contributed by atoms with Crippen LogP contribution in [-0.4, -0.2) is 21.9 Å². The molecule has 1 N–H and O–H groups in total. The Labute approximate surface area is 117 Å². The van der Waals surface area contributed by atoms with Crippen molar-refractivity contribution in [1.29, 1.82) is 0 Å². The van der Waals surface area contributed by atoms with Crippen LogP contribution in [0.5, 0.6) is 11.6 Å². The summed E-state index contributed by atoms with van der Waals surface area (Å²) in [7, 11) is 1.63. The van der Waals surface area contributed by atoms with Crippen molar-refractivity contribution >= 4 is 11.5 Å². The van der Waals surface area contributed by atoms with Gasteiger partial charge in [-0.25, -0.2) is 14.4 Å². The minimum atomic E-state index is -1.20. The summed E-state index contributed by atoms with van der Waals surface area (Å²) in [5, 5.41) is 13.3. The molecule has 0 bridgehead atoms. The van der Waals surface area contributed by atoms with Gasteiger partial charge in [0.2, 0.25) is 11.7 Å². The summed E-state index contributed by atoms with van der Waals surface area (Å²) in [6.45, 7) is 1.63. The maximum atomic E-state index is 13.7. The van der Waals surface area contributed by atoms with Crippen LogP contribution in [0.1, 0.15) is 5.56 Å². The maximum Gasteiger partial charge on any atom is 0.307 e. The van der Waals surface area contributed by atoms with E-state index in [2.05, 4.69) is 15.3 Å². The van der Waals surface area contributed by atoms with Crippen LogP contribution in [0.3, 0.4) is 0 Å². The van der Waals surface area contributed by atoms with Crippen molar-refractivity contribution < 1.29 is 18.4 Å².